The van der Waals surface area contributed by atoms with Crippen LogP contribution < -0.4 is 0 Å². The molecule has 0 aliphatic carbocycles. The van der Waals surface area contributed by atoms with Crippen LogP contribution in [0, 0.1) is 12.8 Å². The third-order valence-electron chi connectivity index (χ3n) is 4.28. The lowest BCUT2D eigenvalue weighted by molar-refractivity contribution is -0.182. The average molecular weight is 358 g/mol. The summed E-state index contributed by atoms with van der Waals surface area (Å²) in [5.74, 6) is -1.62. The Morgan fingerprint density at radius 2 is 2.04 bits per heavy atom. The Kier molecular flexibility index (Phi) is 4.29. The number of sulfonamides is 1. The van der Waals surface area contributed by atoms with Gasteiger partial charge in [-0.3, -0.25) is 4.98 Å². The molecule has 0 amide bonds. The molecule has 0 bridgehead atoms. The smallest absolute Gasteiger partial charge is 0.255 e. The molecule has 1 saturated heterocycles. The Bertz CT molecular complexity index is 865. The van der Waals surface area contributed by atoms with Crippen LogP contribution in [0.1, 0.15) is 18.4 Å². The Morgan fingerprint density at radius 3 is 2.75 bits per heavy atom. The summed E-state index contributed by atoms with van der Waals surface area (Å²) in [5.41, 5.74) is 1.17. The zero-order valence-corrected chi connectivity index (χ0v) is 13.9. The van der Waals surface area contributed by atoms with E-state index < -0.39 is 28.7 Å². The molecule has 1 aliphatic rings. The maximum absolute atomic E-state index is 13.0. The molecule has 24 heavy (non-hydrogen) atoms. The van der Waals surface area contributed by atoms with Crippen LogP contribution in [-0.2, 0) is 10.0 Å². The van der Waals surface area contributed by atoms with Crippen LogP contribution in [-0.4, -0.2) is 37.0 Å². The van der Waals surface area contributed by atoms with Crippen LogP contribution in [0.25, 0.3) is 10.9 Å². The lowest BCUT2D eigenvalue weighted by Gasteiger charge is -2.33. The molecule has 1 aliphatic heterocycles. The molecule has 1 atom stereocenters. The topological polar surface area (TPSA) is 50.3 Å². The first kappa shape index (κ1) is 17.2. The minimum atomic E-state index is -4.39. The van der Waals surface area contributed by atoms with Crippen molar-refractivity contribution in [1.82, 2.24) is 9.29 Å². The molecule has 3 rings (SSSR count). The molecule has 0 spiro atoms. The summed E-state index contributed by atoms with van der Waals surface area (Å²) in [7, 11) is -4.02. The lowest BCUT2D eigenvalue weighted by atomic mass is 9.99. The number of benzene rings is 1. The molecular formula is C16H17F3N2O2S. The molecule has 0 saturated carbocycles. The number of aromatic nitrogens is 1. The second kappa shape index (κ2) is 6.00. The number of hydrogen-bond acceptors (Lipinski definition) is 3. The molecule has 1 aromatic heterocycles. The van der Waals surface area contributed by atoms with Crippen molar-refractivity contribution in [1.29, 1.82) is 0 Å². The van der Waals surface area contributed by atoms with Gasteiger partial charge in [0.2, 0.25) is 10.0 Å². The van der Waals surface area contributed by atoms with E-state index in [9.17, 15) is 21.6 Å². The molecule has 0 N–H and O–H groups in total. The fourth-order valence-corrected chi connectivity index (χ4v) is 4.71. The van der Waals surface area contributed by atoms with E-state index >= 15 is 0 Å². The number of pyridine rings is 1. The van der Waals surface area contributed by atoms with Gasteiger partial charge in [0.15, 0.2) is 0 Å². The fourth-order valence-electron chi connectivity index (χ4n) is 3.02. The highest BCUT2D eigenvalue weighted by atomic mass is 32.2. The van der Waals surface area contributed by atoms with E-state index in [0.717, 1.165) is 9.87 Å². The lowest BCUT2D eigenvalue weighted by Crippen LogP contribution is -2.44. The number of rotatable bonds is 2. The summed E-state index contributed by atoms with van der Waals surface area (Å²) < 4.78 is 65.6. The predicted molar refractivity (Wildman–Crippen MR) is 84.0 cm³/mol. The first-order valence-corrected chi connectivity index (χ1v) is 9.06. The maximum Gasteiger partial charge on any atom is 0.393 e. The van der Waals surface area contributed by atoms with Crippen molar-refractivity contribution < 1.29 is 21.6 Å². The SMILES string of the molecule is Cc1cnc2c(S(=O)(=O)N3CCCC(C(F)(F)F)C3)cccc2c1. The number of aryl methyl sites for hydroxylation is 1. The minimum Gasteiger partial charge on any atom is -0.255 e. The van der Waals surface area contributed by atoms with Crippen molar-refractivity contribution in [3.8, 4) is 0 Å². The number of fused-ring (bicyclic) bond motifs is 1. The van der Waals surface area contributed by atoms with Gasteiger partial charge in [-0.25, -0.2) is 8.42 Å². The van der Waals surface area contributed by atoms with Gasteiger partial charge in [0.25, 0.3) is 0 Å². The van der Waals surface area contributed by atoms with E-state index in [1.165, 1.54) is 6.07 Å². The van der Waals surface area contributed by atoms with Crippen LogP contribution in [0.15, 0.2) is 35.4 Å². The summed E-state index contributed by atoms with van der Waals surface area (Å²) in [6.07, 6.45) is -2.68. The van der Waals surface area contributed by atoms with E-state index in [4.69, 9.17) is 0 Å². The molecule has 2 heterocycles. The average Bonchev–Trinajstić information content (AvgIpc) is 2.53. The van der Waals surface area contributed by atoms with Crippen molar-refractivity contribution in [2.24, 2.45) is 5.92 Å². The van der Waals surface area contributed by atoms with Crippen LogP contribution >= 0.6 is 0 Å². The number of nitrogens with zero attached hydrogens (tertiary/aromatic N) is 2. The molecule has 1 fully saturated rings. The van der Waals surface area contributed by atoms with Crippen LogP contribution in [0.5, 0.6) is 0 Å². The first-order valence-electron chi connectivity index (χ1n) is 7.62. The Hall–Kier alpha value is -1.67. The highest BCUT2D eigenvalue weighted by Crippen LogP contribution is 2.35. The largest absolute Gasteiger partial charge is 0.393 e. The van der Waals surface area contributed by atoms with Gasteiger partial charge >= 0.3 is 6.18 Å². The Morgan fingerprint density at radius 1 is 1.29 bits per heavy atom. The summed E-state index contributed by atoms with van der Waals surface area (Å²) in [6, 6.07) is 6.53. The van der Waals surface area contributed by atoms with Crippen molar-refractivity contribution >= 4 is 20.9 Å². The zero-order chi connectivity index (χ0) is 17.5. The summed E-state index contributed by atoms with van der Waals surface area (Å²) in [5, 5.41) is 0.653. The van der Waals surface area contributed by atoms with Crippen molar-refractivity contribution in [3.05, 3.63) is 36.0 Å². The molecule has 8 heteroatoms. The quantitative estimate of drug-likeness (QED) is 0.826. The van der Waals surface area contributed by atoms with E-state index in [-0.39, 0.29) is 29.8 Å². The van der Waals surface area contributed by atoms with Crippen LogP contribution in [0.4, 0.5) is 13.2 Å². The highest BCUT2D eigenvalue weighted by molar-refractivity contribution is 7.89. The van der Waals surface area contributed by atoms with Gasteiger partial charge in [0.1, 0.15) is 4.90 Å². The van der Waals surface area contributed by atoms with Gasteiger partial charge < -0.3 is 0 Å². The van der Waals surface area contributed by atoms with E-state index in [1.54, 1.807) is 24.4 Å². The first-order chi connectivity index (χ1) is 11.2. The third-order valence-corrected chi connectivity index (χ3v) is 6.17. The molecule has 130 valence electrons. The third kappa shape index (κ3) is 3.12. The molecule has 1 aromatic carbocycles. The van der Waals surface area contributed by atoms with Gasteiger partial charge in [0, 0.05) is 24.7 Å². The number of hydrogen-bond donors (Lipinski definition) is 0. The van der Waals surface area contributed by atoms with Crippen molar-refractivity contribution in [3.63, 3.8) is 0 Å². The number of piperidine rings is 1. The van der Waals surface area contributed by atoms with Crippen LogP contribution in [0.3, 0.4) is 0 Å². The second-order valence-electron chi connectivity index (χ2n) is 6.08. The van der Waals surface area contributed by atoms with E-state index in [2.05, 4.69) is 4.98 Å². The van der Waals surface area contributed by atoms with Crippen molar-refractivity contribution in [2.75, 3.05) is 13.1 Å². The zero-order valence-electron chi connectivity index (χ0n) is 13.0. The monoisotopic (exact) mass is 358 g/mol. The van der Waals surface area contributed by atoms with E-state index in [1.807, 2.05) is 6.92 Å². The normalized spacial score (nSPS) is 20.4. The second-order valence-corrected chi connectivity index (χ2v) is 7.99. The summed E-state index contributed by atoms with van der Waals surface area (Å²) in [4.78, 5) is 4.14. The number of para-hydroxylation sites is 1. The molecule has 0 radical (unpaired) electrons. The highest BCUT2D eigenvalue weighted by Gasteiger charge is 2.44. The fraction of sp³-hybridized carbons (Fsp3) is 0.438. The summed E-state index contributed by atoms with van der Waals surface area (Å²) >= 11 is 0. The van der Waals surface area contributed by atoms with Crippen molar-refractivity contribution in [2.45, 2.75) is 30.8 Å². The van der Waals surface area contributed by atoms with Gasteiger partial charge in [0.05, 0.1) is 11.4 Å². The minimum absolute atomic E-state index is 0.0391. The number of alkyl halides is 3. The van der Waals surface area contributed by atoms with Gasteiger partial charge in [-0.15, -0.1) is 0 Å². The Balaban J connectivity index is 2.02. The predicted octanol–water partition coefficient (Wildman–Crippen LogP) is 3.51. The molecule has 4 nitrogen and oxygen atoms in total. The molecule has 2 aromatic rings. The molecule has 1 unspecified atom stereocenters. The van der Waals surface area contributed by atoms with Crippen LogP contribution in [0.2, 0.25) is 0 Å². The summed E-state index contributed by atoms with van der Waals surface area (Å²) in [6.45, 7) is 1.40. The number of halogens is 3. The maximum atomic E-state index is 13.0. The molecular weight excluding hydrogens is 341 g/mol. The van der Waals surface area contributed by atoms with Gasteiger partial charge in [-0.2, -0.15) is 17.5 Å². The standard InChI is InChI=1S/C16H17F3N2O2S/c1-11-8-12-4-2-6-14(15(12)20-9-11)24(22,23)21-7-3-5-13(10-21)16(17,18)19/h2,4,6,8-9,13H,3,5,7,10H2,1H3. The van der Waals surface area contributed by atoms with Gasteiger partial charge in [-0.05, 0) is 37.5 Å². The van der Waals surface area contributed by atoms with E-state index in [0.29, 0.717) is 5.39 Å². The Labute approximate surface area is 138 Å². The van der Waals surface area contributed by atoms with Gasteiger partial charge in [-0.1, -0.05) is 12.1 Å².